The van der Waals surface area contributed by atoms with Crippen molar-refractivity contribution in [3.8, 4) is 0 Å². The number of hydrogen-bond donors (Lipinski definition) is 1. The van der Waals surface area contributed by atoms with Gasteiger partial charge in [0.15, 0.2) is 0 Å². The molecule has 0 aliphatic carbocycles. The van der Waals surface area contributed by atoms with E-state index in [-0.39, 0.29) is 6.03 Å². The second-order valence-electron chi connectivity index (χ2n) is 6.58. The Labute approximate surface area is 123 Å². The minimum Gasteiger partial charge on any atom is -0.330 e. The lowest BCUT2D eigenvalue weighted by Crippen LogP contribution is -2.54. The topological polar surface area (TPSA) is 52.8 Å². The standard InChI is InChI=1S/C15H30N4O/c1-13-3-5-18(6-4-13)15(20)19-9-7-17(8-10-19)12-14(2)11-16/h13-14H,3-12,16H2,1-2H3. The third-order valence-corrected chi connectivity index (χ3v) is 4.67. The highest BCUT2D eigenvalue weighted by Crippen LogP contribution is 2.18. The summed E-state index contributed by atoms with van der Waals surface area (Å²) in [5.74, 6) is 1.31. The van der Waals surface area contributed by atoms with Crippen molar-refractivity contribution >= 4 is 6.03 Å². The van der Waals surface area contributed by atoms with E-state index in [4.69, 9.17) is 5.73 Å². The largest absolute Gasteiger partial charge is 0.330 e. The molecule has 5 heteroatoms. The van der Waals surface area contributed by atoms with Gasteiger partial charge < -0.3 is 15.5 Å². The number of piperazine rings is 1. The smallest absolute Gasteiger partial charge is 0.320 e. The van der Waals surface area contributed by atoms with Gasteiger partial charge in [-0.3, -0.25) is 4.90 Å². The van der Waals surface area contributed by atoms with Crippen molar-refractivity contribution in [1.82, 2.24) is 14.7 Å². The Balaban J connectivity index is 1.74. The molecule has 2 saturated heterocycles. The first kappa shape index (κ1) is 15.6. The molecule has 0 aromatic carbocycles. The quantitative estimate of drug-likeness (QED) is 0.842. The van der Waals surface area contributed by atoms with E-state index in [9.17, 15) is 4.79 Å². The van der Waals surface area contributed by atoms with Crippen molar-refractivity contribution in [2.75, 3.05) is 52.4 Å². The van der Waals surface area contributed by atoms with Crippen molar-refractivity contribution in [3.05, 3.63) is 0 Å². The van der Waals surface area contributed by atoms with Crippen LogP contribution in [0, 0.1) is 11.8 Å². The fourth-order valence-electron chi connectivity index (χ4n) is 3.04. The lowest BCUT2D eigenvalue weighted by Gasteiger charge is -2.39. The number of nitrogens with zero attached hydrogens (tertiary/aromatic N) is 3. The molecule has 1 unspecified atom stereocenters. The van der Waals surface area contributed by atoms with E-state index in [0.717, 1.165) is 71.1 Å². The molecule has 1 atom stereocenters. The van der Waals surface area contributed by atoms with E-state index in [1.54, 1.807) is 0 Å². The van der Waals surface area contributed by atoms with Gasteiger partial charge in [0.1, 0.15) is 0 Å². The van der Waals surface area contributed by atoms with Crippen molar-refractivity contribution in [1.29, 1.82) is 0 Å². The highest BCUT2D eigenvalue weighted by molar-refractivity contribution is 5.74. The Morgan fingerprint density at radius 3 is 2.20 bits per heavy atom. The summed E-state index contributed by atoms with van der Waals surface area (Å²) in [5, 5.41) is 0. The molecule has 5 nitrogen and oxygen atoms in total. The first-order valence-electron chi connectivity index (χ1n) is 8.06. The van der Waals surface area contributed by atoms with Gasteiger partial charge in [-0.1, -0.05) is 13.8 Å². The Morgan fingerprint density at radius 1 is 1.10 bits per heavy atom. The summed E-state index contributed by atoms with van der Waals surface area (Å²) in [6, 6.07) is 0.253. The molecule has 2 amide bonds. The van der Waals surface area contributed by atoms with Crippen LogP contribution in [-0.2, 0) is 0 Å². The number of piperidine rings is 1. The predicted molar refractivity (Wildman–Crippen MR) is 81.6 cm³/mol. The average Bonchev–Trinajstić information content (AvgIpc) is 2.48. The van der Waals surface area contributed by atoms with Crippen LogP contribution in [0.15, 0.2) is 0 Å². The zero-order valence-corrected chi connectivity index (χ0v) is 13.1. The fourth-order valence-corrected chi connectivity index (χ4v) is 3.04. The summed E-state index contributed by atoms with van der Waals surface area (Å²) in [5.41, 5.74) is 5.68. The minimum atomic E-state index is 0.253. The summed E-state index contributed by atoms with van der Waals surface area (Å²) in [7, 11) is 0. The molecule has 0 bridgehead atoms. The van der Waals surface area contributed by atoms with Crippen LogP contribution in [0.3, 0.4) is 0 Å². The van der Waals surface area contributed by atoms with Crippen LogP contribution < -0.4 is 5.73 Å². The normalized spacial score (nSPS) is 23.9. The second kappa shape index (κ2) is 7.27. The third-order valence-electron chi connectivity index (χ3n) is 4.67. The van der Waals surface area contributed by atoms with Crippen LogP contribution in [0.4, 0.5) is 4.79 Å². The maximum absolute atomic E-state index is 12.5. The number of hydrogen-bond acceptors (Lipinski definition) is 3. The van der Waals surface area contributed by atoms with Gasteiger partial charge in [-0.25, -0.2) is 4.79 Å². The zero-order chi connectivity index (χ0) is 14.5. The molecule has 2 rings (SSSR count). The van der Waals surface area contributed by atoms with Gasteiger partial charge in [0.2, 0.25) is 0 Å². The molecule has 116 valence electrons. The number of carbonyl (C=O) groups excluding carboxylic acids is 1. The van der Waals surface area contributed by atoms with E-state index < -0.39 is 0 Å². The highest BCUT2D eigenvalue weighted by atomic mass is 16.2. The average molecular weight is 282 g/mol. The predicted octanol–water partition coefficient (Wildman–Crippen LogP) is 1.05. The summed E-state index contributed by atoms with van der Waals surface area (Å²) in [6.45, 7) is 11.8. The molecule has 0 aromatic heterocycles. The zero-order valence-electron chi connectivity index (χ0n) is 13.1. The Morgan fingerprint density at radius 2 is 1.65 bits per heavy atom. The molecule has 0 saturated carbocycles. The van der Waals surface area contributed by atoms with Crippen molar-refractivity contribution < 1.29 is 4.79 Å². The van der Waals surface area contributed by atoms with Crippen molar-refractivity contribution in [2.24, 2.45) is 17.6 Å². The van der Waals surface area contributed by atoms with Gasteiger partial charge >= 0.3 is 6.03 Å². The summed E-state index contributed by atoms with van der Waals surface area (Å²) < 4.78 is 0. The SMILES string of the molecule is CC1CCN(C(=O)N2CCN(CC(C)CN)CC2)CC1. The molecule has 2 heterocycles. The van der Waals surface area contributed by atoms with Gasteiger partial charge in [0.25, 0.3) is 0 Å². The summed E-state index contributed by atoms with van der Waals surface area (Å²) in [6.07, 6.45) is 2.30. The minimum absolute atomic E-state index is 0.253. The second-order valence-corrected chi connectivity index (χ2v) is 6.58. The lowest BCUT2D eigenvalue weighted by molar-refractivity contribution is 0.0976. The van der Waals surface area contributed by atoms with E-state index in [0.29, 0.717) is 5.92 Å². The number of urea groups is 1. The van der Waals surface area contributed by atoms with Crippen molar-refractivity contribution in [3.63, 3.8) is 0 Å². The number of rotatable bonds is 3. The lowest BCUT2D eigenvalue weighted by atomic mass is 9.99. The van der Waals surface area contributed by atoms with Crippen LogP contribution in [0.5, 0.6) is 0 Å². The maximum Gasteiger partial charge on any atom is 0.320 e. The highest BCUT2D eigenvalue weighted by Gasteiger charge is 2.27. The van der Waals surface area contributed by atoms with Crippen LogP contribution in [-0.4, -0.2) is 73.1 Å². The van der Waals surface area contributed by atoms with Gasteiger partial charge in [-0.2, -0.15) is 0 Å². The third kappa shape index (κ3) is 4.09. The van der Waals surface area contributed by atoms with Gasteiger partial charge in [0, 0.05) is 45.8 Å². The van der Waals surface area contributed by atoms with Gasteiger partial charge in [0.05, 0.1) is 0 Å². The monoisotopic (exact) mass is 282 g/mol. The molecular formula is C15H30N4O. The first-order valence-corrected chi connectivity index (χ1v) is 8.06. The van der Waals surface area contributed by atoms with E-state index in [1.165, 1.54) is 0 Å². The maximum atomic E-state index is 12.5. The van der Waals surface area contributed by atoms with E-state index >= 15 is 0 Å². The Hall–Kier alpha value is -0.810. The number of carbonyl (C=O) groups is 1. The molecular weight excluding hydrogens is 252 g/mol. The number of nitrogens with two attached hydrogens (primary N) is 1. The van der Waals surface area contributed by atoms with Crippen LogP contribution >= 0.6 is 0 Å². The number of likely N-dealkylation sites (tertiary alicyclic amines) is 1. The molecule has 2 aliphatic rings. The Kier molecular flexibility index (Phi) is 5.66. The van der Waals surface area contributed by atoms with E-state index in [1.807, 2.05) is 9.80 Å². The van der Waals surface area contributed by atoms with Gasteiger partial charge in [-0.05, 0) is 31.2 Å². The van der Waals surface area contributed by atoms with Crippen LogP contribution in [0.1, 0.15) is 26.7 Å². The molecule has 0 aromatic rings. The summed E-state index contributed by atoms with van der Waals surface area (Å²) >= 11 is 0. The molecule has 2 fully saturated rings. The Bertz CT molecular complexity index is 307. The molecule has 2 aliphatic heterocycles. The fraction of sp³-hybridized carbons (Fsp3) is 0.933. The molecule has 0 spiro atoms. The van der Waals surface area contributed by atoms with Crippen LogP contribution in [0.25, 0.3) is 0 Å². The summed E-state index contributed by atoms with van der Waals surface area (Å²) in [4.78, 5) is 19.0. The van der Waals surface area contributed by atoms with E-state index in [2.05, 4.69) is 18.7 Å². The van der Waals surface area contributed by atoms with Gasteiger partial charge in [-0.15, -0.1) is 0 Å². The molecule has 2 N–H and O–H groups in total. The first-order chi connectivity index (χ1) is 9.60. The molecule has 20 heavy (non-hydrogen) atoms. The molecule has 0 radical (unpaired) electrons. The van der Waals surface area contributed by atoms with Crippen molar-refractivity contribution in [2.45, 2.75) is 26.7 Å². The number of amides is 2. The van der Waals surface area contributed by atoms with Crippen LogP contribution in [0.2, 0.25) is 0 Å².